The summed E-state index contributed by atoms with van der Waals surface area (Å²) in [6.07, 6.45) is -1.08. The molecule has 6 nitrogen and oxygen atoms in total. The van der Waals surface area contributed by atoms with E-state index in [0.29, 0.717) is 0 Å². The van der Waals surface area contributed by atoms with Gasteiger partial charge in [0.05, 0.1) is 25.9 Å². The average Bonchev–Trinajstić information content (AvgIpc) is 2.14. The fraction of sp³-hybridized carbons (Fsp3) is 0.700. The smallest absolute Gasteiger partial charge is 0.309 e. The number of hydrogen-bond donors (Lipinski definition) is 1. The van der Waals surface area contributed by atoms with Crippen molar-refractivity contribution >= 4 is 17.9 Å². The van der Waals surface area contributed by atoms with E-state index in [0.717, 1.165) is 0 Å². The van der Waals surface area contributed by atoms with Gasteiger partial charge in [0.25, 0.3) is 0 Å². The predicted molar refractivity (Wildman–Crippen MR) is 53.7 cm³/mol. The van der Waals surface area contributed by atoms with Crippen LogP contribution in [0.15, 0.2) is 0 Å². The summed E-state index contributed by atoms with van der Waals surface area (Å²) in [5.74, 6) is -2.13. The molecule has 0 saturated heterocycles. The van der Waals surface area contributed by atoms with E-state index in [2.05, 4.69) is 4.74 Å². The third-order valence-electron chi connectivity index (χ3n) is 1.64. The zero-order chi connectivity index (χ0) is 12.6. The lowest BCUT2D eigenvalue weighted by Crippen LogP contribution is -2.20. The number of carboxylic acid groups (broad SMARTS) is 1. The topological polar surface area (TPSA) is 89.9 Å². The average molecular weight is 232 g/mol. The summed E-state index contributed by atoms with van der Waals surface area (Å²) in [5, 5.41) is 8.33. The zero-order valence-corrected chi connectivity index (χ0v) is 9.39. The van der Waals surface area contributed by atoms with Crippen LogP contribution in [-0.2, 0) is 23.9 Å². The van der Waals surface area contributed by atoms with Crippen molar-refractivity contribution in [2.75, 3.05) is 6.61 Å². The van der Waals surface area contributed by atoms with Gasteiger partial charge in [-0.1, -0.05) is 0 Å². The van der Waals surface area contributed by atoms with E-state index in [-0.39, 0.29) is 25.9 Å². The van der Waals surface area contributed by atoms with Crippen LogP contribution in [0, 0.1) is 0 Å². The Morgan fingerprint density at radius 1 is 1.19 bits per heavy atom. The Morgan fingerprint density at radius 3 is 2.31 bits per heavy atom. The molecule has 0 radical (unpaired) electrons. The van der Waals surface area contributed by atoms with Crippen LogP contribution in [0.3, 0.4) is 0 Å². The fourth-order valence-corrected chi connectivity index (χ4v) is 0.989. The van der Waals surface area contributed by atoms with E-state index in [1.54, 1.807) is 13.8 Å². The molecule has 0 bridgehead atoms. The van der Waals surface area contributed by atoms with Gasteiger partial charge in [-0.25, -0.2) is 0 Å². The van der Waals surface area contributed by atoms with Gasteiger partial charge in [-0.05, 0) is 13.8 Å². The van der Waals surface area contributed by atoms with Crippen molar-refractivity contribution in [3.8, 4) is 0 Å². The molecule has 0 saturated carbocycles. The van der Waals surface area contributed by atoms with E-state index in [9.17, 15) is 14.4 Å². The van der Waals surface area contributed by atoms with E-state index >= 15 is 0 Å². The minimum atomic E-state index is -1.06. The second kappa shape index (κ2) is 7.67. The molecule has 0 amide bonds. The second-order valence-electron chi connectivity index (χ2n) is 3.20. The lowest BCUT2D eigenvalue weighted by molar-refractivity contribution is -0.155. The van der Waals surface area contributed by atoms with Crippen molar-refractivity contribution in [3.05, 3.63) is 0 Å². The maximum atomic E-state index is 11.1. The highest BCUT2D eigenvalue weighted by atomic mass is 16.6. The monoisotopic (exact) mass is 232 g/mol. The van der Waals surface area contributed by atoms with E-state index in [1.807, 2.05) is 0 Å². The summed E-state index contributed by atoms with van der Waals surface area (Å²) in [4.78, 5) is 32.2. The van der Waals surface area contributed by atoms with Gasteiger partial charge in [0.15, 0.2) is 0 Å². The molecular weight excluding hydrogens is 216 g/mol. The summed E-state index contributed by atoms with van der Waals surface area (Å²) < 4.78 is 9.48. The summed E-state index contributed by atoms with van der Waals surface area (Å²) >= 11 is 0. The minimum absolute atomic E-state index is 0.0212. The number of carbonyl (C=O) groups excluding carboxylic acids is 2. The van der Waals surface area contributed by atoms with Crippen LogP contribution >= 0.6 is 0 Å². The molecule has 1 unspecified atom stereocenters. The number of rotatable bonds is 7. The maximum Gasteiger partial charge on any atom is 0.309 e. The van der Waals surface area contributed by atoms with E-state index in [1.165, 1.54) is 0 Å². The van der Waals surface area contributed by atoms with Crippen LogP contribution in [0.25, 0.3) is 0 Å². The number of esters is 2. The van der Waals surface area contributed by atoms with E-state index < -0.39 is 24.0 Å². The van der Waals surface area contributed by atoms with Crippen LogP contribution in [0.1, 0.15) is 33.1 Å². The Balaban J connectivity index is 3.77. The molecule has 92 valence electrons. The quantitative estimate of drug-likeness (QED) is 0.651. The SMILES string of the molecule is CCOC(=O)CC(C)OC(=O)CCC(=O)O. The first-order chi connectivity index (χ1) is 7.45. The molecule has 6 heteroatoms. The normalized spacial score (nSPS) is 11.6. The van der Waals surface area contributed by atoms with Crippen molar-refractivity contribution in [2.24, 2.45) is 0 Å². The molecule has 16 heavy (non-hydrogen) atoms. The lowest BCUT2D eigenvalue weighted by Gasteiger charge is -2.11. The highest BCUT2D eigenvalue weighted by Gasteiger charge is 2.15. The molecule has 1 N–H and O–H groups in total. The van der Waals surface area contributed by atoms with Crippen LogP contribution < -0.4 is 0 Å². The summed E-state index contributed by atoms with van der Waals surface area (Å²) in [7, 11) is 0. The van der Waals surface area contributed by atoms with Crippen LogP contribution in [0.5, 0.6) is 0 Å². The van der Waals surface area contributed by atoms with Crippen molar-refractivity contribution in [1.82, 2.24) is 0 Å². The van der Waals surface area contributed by atoms with Gasteiger partial charge >= 0.3 is 17.9 Å². The third kappa shape index (κ3) is 7.78. The fourth-order valence-electron chi connectivity index (χ4n) is 0.989. The van der Waals surface area contributed by atoms with Gasteiger partial charge in [0, 0.05) is 0 Å². The lowest BCUT2D eigenvalue weighted by atomic mass is 10.3. The molecule has 0 fully saturated rings. The van der Waals surface area contributed by atoms with Crippen LogP contribution in [-0.4, -0.2) is 35.7 Å². The van der Waals surface area contributed by atoms with Crippen LogP contribution in [0.4, 0.5) is 0 Å². The number of carboxylic acids is 1. The molecular formula is C10H16O6. The number of carbonyl (C=O) groups is 3. The molecule has 1 atom stereocenters. The first-order valence-corrected chi connectivity index (χ1v) is 5.02. The van der Waals surface area contributed by atoms with Gasteiger partial charge in [0.2, 0.25) is 0 Å². The highest BCUT2D eigenvalue weighted by molar-refractivity contribution is 5.77. The minimum Gasteiger partial charge on any atom is -0.481 e. The molecule has 0 heterocycles. The van der Waals surface area contributed by atoms with Gasteiger partial charge < -0.3 is 14.6 Å². The van der Waals surface area contributed by atoms with Crippen molar-refractivity contribution < 1.29 is 29.0 Å². The molecule has 0 aromatic heterocycles. The Labute approximate surface area is 93.5 Å². The predicted octanol–water partition coefficient (Wildman–Crippen LogP) is 0.736. The van der Waals surface area contributed by atoms with E-state index in [4.69, 9.17) is 9.84 Å². The van der Waals surface area contributed by atoms with Crippen LogP contribution in [0.2, 0.25) is 0 Å². The van der Waals surface area contributed by atoms with Gasteiger partial charge in [-0.15, -0.1) is 0 Å². The maximum absolute atomic E-state index is 11.1. The Kier molecular flexibility index (Phi) is 6.91. The summed E-state index contributed by atoms with van der Waals surface area (Å²) in [5.41, 5.74) is 0. The largest absolute Gasteiger partial charge is 0.481 e. The molecule has 0 aliphatic heterocycles. The van der Waals surface area contributed by atoms with Gasteiger partial charge in [0.1, 0.15) is 6.10 Å². The first-order valence-electron chi connectivity index (χ1n) is 5.02. The Bertz CT molecular complexity index is 260. The van der Waals surface area contributed by atoms with Gasteiger partial charge in [-0.2, -0.15) is 0 Å². The number of hydrogen-bond acceptors (Lipinski definition) is 5. The first kappa shape index (κ1) is 14.4. The molecule has 0 aliphatic rings. The molecule has 0 aromatic rings. The standard InChI is InChI=1S/C10H16O6/c1-3-15-10(14)6-7(2)16-9(13)5-4-8(11)12/h7H,3-6H2,1-2H3,(H,11,12). The van der Waals surface area contributed by atoms with Crippen molar-refractivity contribution in [1.29, 1.82) is 0 Å². The summed E-state index contributed by atoms with van der Waals surface area (Å²) in [6.45, 7) is 3.51. The van der Waals surface area contributed by atoms with Crippen molar-refractivity contribution in [3.63, 3.8) is 0 Å². The third-order valence-corrected chi connectivity index (χ3v) is 1.64. The number of aliphatic carboxylic acids is 1. The second-order valence-corrected chi connectivity index (χ2v) is 3.20. The molecule has 0 aliphatic carbocycles. The highest BCUT2D eigenvalue weighted by Crippen LogP contribution is 2.03. The van der Waals surface area contributed by atoms with Gasteiger partial charge in [-0.3, -0.25) is 14.4 Å². The molecule has 0 aromatic carbocycles. The molecule has 0 spiro atoms. The Hall–Kier alpha value is -1.59. The zero-order valence-electron chi connectivity index (χ0n) is 9.39. The molecule has 0 rings (SSSR count). The number of ether oxygens (including phenoxy) is 2. The summed E-state index contributed by atoms with van der Waals surface area (Å²) in [6, 6.07) is 0. The Morgan fingerprint density at radius 2 is 1.81 bits per heavy atom. The van der Waals surface area contributed by atoms with Crippen molar-refractivity contribution in [2.45, 2.75) is 39.2 Å².